The third-order valence-electron chi connectivity index (χ3n) is 6.07. The molecule has 0 saturated carbocycles. The van der Waals surface area contributed by atoms with E-state index in [2.05, 4.69) is 90.4 Å². The summed E-state index contributed by atoms with van der Waals surface area (Å²) in [6, 6.07) is 25.6. The van der Waals surface area contributed by atoms with Crippen LogP contribution in [0.25, 0.3) is 0 Å². The van der Waals surface area contributed by atoms with Gasteiger partial charge in [0.15, 0.2) is 11.6 Å². The Kier molecular flexibility index (Phi) is 3.19. The summed E-state index contributed by atoms with van der Waals surface area (Å²) < 4.78 is 0. The highest BCUT2D eigenvalue weighted by atomic mass is 15.3. The summed E-state index contributed by atoms with van der Waals surface area (Å²) >= 11 is 0. The molecule has 1 aromatic heterocycles. The molecular formula is C25H20N4. The monoisotopic (exact) mass is 376 g/mol. The molecule has 0 radical (unpaired) electrons. The molecule has 140 valence electrons. The smallest absolute Gasteiger partial charge is 0.181 e. The molecule has 29 heavy (non-hydrogen) atoms. The average molecular weight is 376 g/mol. The van der Waals surface area contributed by atoms with Gasteiger partial charge in [0.05, 0.1) is 17.1 Å². The maximum Gasteiger partial charge on any atom is 0.181 e. The minimum Gasteiger partial charge on any atom is -0.290 e. The van der Waals surface area contributed by atoms with Crippen molar-refractivity contribution < 1.29 is 0 Å². The number of benzene rings is 3. The van der Waals surface area contributed by atoms with Gasteiger partial charge in [-0.25, -0.2) is 9.97 Å². The molecule has 4 heteroatoms. The number of hydrogen-bond acceptors (Lipinski definition) is 4. The summed E-state index contributed by atoms with van der Waals surface area (Å²) in [5, 5.41) is 0. The van der Waals surface area contributed by atoms with Gasteiger partial charge >= 0.3 is 0 Å². The summed E-state index contributed by atoms with van der Waals surface area (Å²) in [6.07, 6.45) is 3.54. The van der Waals surface area contributed by atoms with Gasteiger partial charge in [0.25, 0.3) is 0 Å². The number of para-hydroxylation sites is 3. The van der Waals surface area contributed by atoms with Crippen LogP contribution in [0.3, 0.4) is 0 Å². The van der Waals surface area contributed by atoms with E-state index in [9.17, 15) is 0 Å². The lowest BCUT2D eigenvalue weighted by Gasteiger charge is -2.46. The molecule has 0 unspecified atom stereocenters. The van der Waals surface area contributed by atoms with Crippen molar-refractivity contribution in [2.75, 3.05) is 9.80 Å². The van der Waals surface area contributed by atoms with Crippen molar-refractivity contribution in [3.05, 3.63) is 96.3 Å². The zero-order chi connectivity index (χ0) is 19.6. The van der Waals surface area contributed by atoms with Gasteiger partial charge in [-0.3, -0.25) is 9.80 Å². The minimum absolute atomic E-state index is 0.111. The number of aromatic nitrogens is 2. The minimum atomic E-state index is -0.111. The van der Waals surface area contributed by atoms with Crippen molar-refractivity contribution in [2.24, 2.45) is 0 Å². The maximum absolute atomic E-state index is 4.79. The van der Waals surface area contributed by atoms with Crippen LogP contribution in [0, 0.1) is 0 Å². The quantitative estimate of drug-likeness (QED) is 0.340. The van der Waals surface area contributed by atoms with Crippen LogP contribution in [0.2, 0.25) is 0 Å². The lowest BCUT2D eigenvalue weighted by Crippen LogP contribution is -2.35. The zero-order valence-electron chi connectivity index (χ0n) is 16.4. The summed E-state index contributed by atoms with van der Waals surface area (Å²) in [5.74, 6) is 1.71. The van der Waals surface area contributed by atoms with Gasteiger partial charge in [-0.1, -0.05) is 62.4 Å². The van der Waals surface area contributed by atoms with E-state index in [0.717, 1.165) is 23.0 Å². The highest BCUT2D eigenvalue weighted by Crippen LogP contribution is 2.60. The number of rotatable bonds is 1. The van der Waals surface area contributed by atoms with Gasteiger partial charge < -0.3 is 0 Å². The maximum atomic E-state index is 4.79. The Morgan fingerprint density at radius 3 is 2.03 bits per heavy atom. The molecule has 2 aliphatic heterocycles. The molecule has 0 bridgehead atoms. The molecule has 0 spiro atoms. The normalized spacial score (nSPS) is 15.4. The zero-order valence-corrected chi connectivity index (χ0v) is 16.4. The second kappa shape index (κ2) is 5.67. The topological polar surface area (TPSA) is 32.3 Å². The van der Waals surface area contributed by atoms with Crippen LogP contribution >= 0.6 is 0 Å². The van der Waals surface area contributed by atoms with Crippen molar-refractivity contribution in [3.8, 4) is 0 Å². The van der Waals surface area contributed by atoms with E-state index in [0.29, 0.717) is 0 Å². The first kappa shape index (κ1) is 16.3. The van der Waals surface area contributed by atoms with E-state index < -0.39 is 0 Å². The van der Waals surface area contributed by atoms with Crippen LogP contribution in [0.15, 0.2) is 85.2 Å². The molecule has 0 amide bonds. The Bertz CT molecular complexity index is 1250. The van der Waals surface area contributed by atoms with Gasteiger partial charge in [0.1, 0.15) is 0 Å². The van der Waals surface area contributed by atoms with E-state index in [-0.39, 0.29) is 5.41 Å². The standard InChI is InChI=1S/C25H20N4/c1-25(2)18-11-6-7-13-20(18)29-22-19(25)12-8-14-21(22)28(17-9-4-3-5-10-17)23-24(29)27-16-15-26-23/h3-16H,1-2H3. The van der Waals surface area contributed by atoms with E-state index in [4.69, 9.17) is 9.97 Å². The summed E-state index contributed by atoms with van der Waals surface area (Å²) in [5.41, 5.74) is 7.06. The average Bonchev–Trinajstić information content (AvgIpc) is 2.77. The van der Waals surface area contributed by atoms with Crippen LogP contribution in [0.4, 0.5) is 34.4 Å². The lowest BCUT2D eigenvalue weighted by atomic mass is 9.73. The third kappa shape index (κ3) is 2.08. The summed E-state index contributed by atoms with van der Waals surface area (Å²) in [7, 11) is 0. The first-order valence-electron chi connectivity index (χ1n) is 9.87. The fourth-order valence-electron chi connectivity index (χ4n) is 4.73. The van der Waals surface area contributed by atoms with Crippen LogP contribution in [-0.4, -0.2) is 9.97 Å². The molecule has 0 N–H and O–H groups in total. The number of anilines is 6. The lowest BCUT2D eigenvalue weighted by molar-refractivity contribution is 0.630. The number of nitrogens with zero attached hydrogens (tertiary/aromatic N) is 4. The molecule has 4 aromatic rings. The summed E-state index contributed by atoms with van der Waals surface area (Å²) in [4.78, 5) is 14.1. The first-order chi connectivity index (χ1) is 14.2. The molecule has 0 aliphatic carbocycles. The predicted molar refractivity (Wildman–Crippen MR) is 117 cm³/mol. The highest BCUT2D eigenvalue weighted by molar-refractivity contribution is 6.02. The molecule has 3 heterocycles. The van der Waals surface area contributed by atoms with Gasteiger partial charge in [-0.05, 0) is 35.4 Å². The molecule has 6 rings (SSSR count). The van der Waals surface area contributed by atoms with E-state index in [1.165, 1.54) is 22.5 Å². The molecule has 2 aliphatic rings. The second-order valence-electron chi connectivity index (χ2n) is 8.03. The van der Waals surface area contributed by atoms with Gasteiger partial charge in [0.2, 0.25) is 0 Å². The fraction of sp³-hybridized carbons (Fsp3) is 0.120. The van der Waals surface area contributed by atoms with Gasteiger partial charge in [0, 0.05) is 23.5 Å². The summed E-state index contributed by atoms with van der Waals surface area (Å²) in [6.45, 7) is 4.61. The Labute approximate surface area is 170 Å². The van der Waals surface area contributed by atoms with Crippen LogP contribution in [-0.2, 0) is 5.41 Å². The molecule has 0 saturated heterocycles. The van der Waals surface area contributed by atoms with Crippen molar-refractivity contribution >= 4 is 34.4 Å². The van der Waals surface area contributed by atoms with Crippen molar-refractivity contribution in [1.29, 1.82) is 0 Å². The van der Waals surface area contributed by atoms with Crippen molar-refractivity contribution in [2.45, 2.75) is 19.3 Å². The second-order valence-corrected chi connectivity index (χ2v) is 8.03. The largest absolute Gasteiger partial charge is 0.290 e. The van der Waals surface area contributed by atoms with Crippen molar-refractivity contribution in [1.82, 2.24) is 9.97 Å². The molecular weight excluding hydrogens is 356 g/mol. The van der Waals surface area contributed by atoms with Crippen LogP contribution in [0.1, 0.15) is 25.0 Å². The van der Waals surface area contributed by atoms with Gasteiger partial charge in [-0.2, -0.15) is 0 Å². The SMILES string of the molecule is CC1(C)c2ccccc2N2c3nccnc3N(c3ccccc3)c3cccc1c32. The number of fused-ring (bicyclic) bond motifs is 4. The molecule has 3 aromatic carbocycles. The van der Waals surface area contributed by atoms with Crippen LogP contribution < -0.4 is 9.80 Å². The van der Waals surface area contributed by atoms with Crippen LogP contribution in [0.5, 0.6) is 0 Å². The first-order valence-corrected chi connectivity index (χ1v) is 9.87. The van der Waals surface area contributed by atoms with E-state index in [1.54, 1.807) is 12.4 Å². The fourth-order valence-corrected chi connectivity index (χ4v) is 4.73. The molecule has 0 fully saturated rings. The highest BCUT2D eigenvalue weighted by Gasteiger charge is 2.43. The molecule has 0 atom stereocenters. The Hall–Kier alpha value is -3.66. The predicted octanol–water partition coefficient (Wildman–Crippen LogP) is 6.37. The number of hydrogen-bond donors (Lipinski definition) is 0. The van der Waals surface area contributed by atoms with E-state index in [1.807, 2.05) is 6.07 Å². The third-order valence-corrected chi connectivity index (χ3v) is 6.07. The molecule has 4 nitrogen and oxygen atoms in total. The Balaban J connectivity index is 1.74. The Morgan fingerprint density at radius 2 is 1.24 bits per heavy atom. The van der Waals surface area contributed by atoms with E-state index >= 15 is 0 Å². The Morgan fingerprint density at radius 1 is 0.621 bits per heavy atom. The van der Waals surface area contributed by atoms with Gasteiger partial charge in [-0.15, -0.1) is 0 Å². The van der Waals surface area contributed by atoms with Crippen molar-refractivity contribution in [3.63, 3.8) is 0 Å².